The molecule has 0 aromatic rings. The first-order valence-corrected chi connectivity index (χ1v) is 6.89. The van der Waals surface area contributed by atoms with Crippen LogP contribution >= 0.6 is 0 Å². The van der Waals surface area contributed by atoms with E-state index in [0.717, 1.165) is 24.3 Å². The molecular formula is C14H26N4O2. The van der Waals surface area contributed by atoms with Crippen LogP contribution in [-0.2, 0) is 9.59 Å². The van der Waals surface area contributed by atoms with Gasteiger partial charge in [-0.1, -0.05) is 27.7 Å². The van der Waals surface area contributed by atoms with E-state index in [9.17, 15) is 9.59 Å². The van der Waals surface area contributed by atoms with E-state index in [1.165, 1.54) is 0 Å². The Morgan fingerprint density at radius 2 is 1.10 bits per heavy atom. The average Bonchev–Trinajstić information content (AvgIpc) is 2.31. The van der Waals surface area contributed by atoms with Crippen molar-refractivity contribution in [3.8, 4) is 0 Å². The standard InChI is InChI=1S/C14H26N4O2/c1-9(2)7-11(5)15-17-13(19)14(20)18-16-12(6)8-10(3)4/h9-10H,7-8H2,1-6H3,(H,17,19)(H,18,20). The van der Waals surface area contributed by atoms with Crippen molar-refractivity contribution in [2.24, 2.45) is 22.0 Å². The summed E-state index contributed by atoms with van der Waals surface area (Å²) in [6.07, 6.45) is 1.54. The molecule has 0 aromatic carbocycles. The van der Waals surface area contributed by atoms with Crippen LogP contribution < -0.4 is 10.9 Å². The quantitative estimate of drug-likeness (QED) is 0.444. The molecule has 0 saturated carbocycles. The molecule has 0 fully saturated rings. The van der Waals surface area contributed by atoms with Gasteiger partial charge in [0.2, 0.25) is 0 Å². The topological polar surface area (TPSA) is 82.9 Å². The van der Waals surface area contributed by atoms with E-state index >= 15 is 0 Å². The number of carbonyl (C=O) groups excluding carboxylic acids is 2. The molecule has 0 bridgehead atoms. The third-order valence-electron chi connectivity index (χ3n) is 2.31. The summed E-state index contributed by atoms with van der Waals surface area (Å²) in [5.41, 5.74) is 6.00. The van der Waals surface area contributed by atoms with E-state index in [0.29, 0.717) is 11.8 Å². The van der Waals surface area contributed by atoms with Crippen LogP contribution in [0.25, 0.3) is 0 Å². The van der Waals surface area contributed by atoms with Crippen LogP contribution in [0, 0.1) is 11.8 Å². The summed E-state index contributed by atoms with van der Waals surface area (Å²) in [5, 5.41) is 7.74. The largest absolute Gasteiger partial charge is 0.331 e. The Balaban J connectivity index is 4.26. The molecule has 6 nitrogen and oxygen atoms in total. The lowest BCUT2D eigenvalue weighted by Gasteiger charge is -2.05. The Hall–Kier alpha value is -1.72. The van der Waals surface area contributed by atoms with E-state index in [1.807, 2.05) is 13.8 Å². The van der Waals surface area contributed by atoms with Gasteiger partial charge in [-0.15, -0.1) is 0 Å². The normalized spacial score (nSPS) is 12.8. The number of nitrogens with one attached hydrogen (secondary N) is 2. The number of hydrazone groups is 2. The average molecular weight is 282 g/mol. The number of amides is 2. The summed E-state index contributed by atoms with van der Waals surface area (Å²) < 4.78 is 0. The second kappa shape index (κ2) is 9.23. The van der Waals surface area contributed by atoms with Gasteiger partial charge in [0, 0.05) is 11.4 Å². The minimum atomic E-state index is -0.811. The fourth-order valence-corrected chi connectivity index (χ4v) is 1.67. The first-order chi connectivity index (χ1) is 9.22. The zero-order chi connectivity index (χ0) is 15.7. The number of hydrogen-bond acceptors (Lipinski definition) is 4. The van der Waals surface area contributed by atoms with Gasteiger partial charge in [0.1, 0.15) is 0 Å². The highest BCUT2D eigenvalue weighted by Gasteiger charge is 2.12. The molecule has 0 heterocycles. The highest BCUT2D eigenvalue weighted by Crippen LogP contribution is 2.01. The molecule has 2 amide bonds. The highest BCUT2D eigenvalue weighted by molar-refractivity contribution is 6.35. The van der Waals surface area contributed by atoms with E-state index in [1.54, 1.807) is 0 Å². The number of rotatable bonds is 6. The van der Waals surface area contributed by atoms with Gasteiger partial charge in [0.05, 0.1) is 0 Å². The third kappa shape index (κ3) is 9.24. The summed E-state index contributed by atoms with van der Waals surface area (Å²) in [6, 6.07) is 0. The van der Waals surface area contributed by atoms with Crippen LogP contribution in [-0.4, -0.2) is 23.2 Å². The SMILES string of the molecule is CC(CC(C)C)=NNC(=O)C(=O)NN=C(C)CC(C)C. The lowest BCUT2D eigenvalue weighted by Crippen LogP contribution is -2.36. The van der Waals surface area contributed by atoms with Crippen LogP contribution in [0.1, 0.15) is 54.4 Å². The Kier molecular flexibility index (Phi) is 8.43. The molecule has 0 aromatic heterocycles. The molecule has 0 spiro atoms. The fraction of sp³-hybridized carbons (Fsp3) is 0.714. The smallest absolute Gasteiger partial charge is 0.262 e. The van der Waals surface area contributed by atoms with Gasteiger partial charge in [-0.3, -0.25) is 9.59 Å². The highest BCUT2D eigenvalue weighted by atomic mass is 16.2. The van der Waals surface area contributed by atoms with E-state index in [2.05, 4.69) is 48.7 Å². The van der Waals surface area contributed by atoms with Crippen molar-refractivity contribution in [2.75, 3.05) is 0 Å². The summed E-state index contributed by atoms with van der Waals surface area (Å²) in [6.45, 7) is 11.8. The molecule has 114 valence electrons. The molecule has 0 aliphatic heterocycles. The molecule has 0 saturated heterocycles. The van der Waals surface area contributed by atoms with Crippen molar-refractivity contribution in [1.82, 2.24) is 10.9 Å². The van der Waals surface area contributed by atoms with E-state index < -0.39 is 11.8 Å². The molecular weight excluding hydrogens is 256 g/mol. The van der Waals surface area contributed by atoms with Crippen molar-refractivity contribution in [1.29, 1.82) is 0 Å². The van der Waals surface area contributed by atoms with Gasteiger partial charge in [-0.2, -0.15) is 10.2 Å². The van der Waals surface area contributed by atoms with Crippen molar-refractivity contribution in [2.45, 2.75) is 54.4 Å². The van der Waals surface area contributed by atoms with Crippen molar-refractivity contribution < 1.29 is 9.59 Å². The first-order valence-electron chi connectivity index (χ1n) is 6.89. The minimum Gasteiger partial charge on any atom is -0.262 e. The Bertz CT molecular complexity index is 360. The van der Waals surface area contributed by atoms with Gasteiger partial charge in [-0.05, 0) is 38.5 Å². The molecule has 0 rings (SSSR count). The van der Waals surface area contributed by atoms with Crippen LogP contribution in [0.3, 0.4) is 0 Å². The zero-order valence-electron chi connectivity index (χ0n) is 13.3. The third-order valence-corrected chi connectivity index (χ3v) is 2.31. The lowest BCUT2D eigenvalue weighted by atomic mass is 10.1. The number of hydrogen-bond donors (Lipinski definition) is 2. The number of nitrogens with zero attached hydrogens (tertiary/aromatic N) is 2. The fourth-order valence-electron chi connectivity index (χ4n) is 1.67. The number of carbonyl (C=O) groups is 2. The van der Waals surface area contributed by atoms with Crippen LogP contribution in [0.15, 0.2) is 10.2 Å². The second-order valence-electron chi connectivity index (χ2n) is 5.77. The summed E-state index contributed by atoms with van der Waals surface area (Å²) in [5.74, 6) is -0.719. The Morgan fingerprint density at radius 1 is 0.800 bits per heavy atom. The minimum absolute atomic E-state index is 0.452. The van der Waals surface area contributed by atoms with Gasteiger partial charge in [0.15, 0.2) is 0 Å². The lowest BCUT2D eigenvalue weighted by molar-refractivity contribution is -0.139. The Morgan fingerprint density at radius 3 is 1.35 bits per heavy atom. The second-order valence-corrected chi connectivity index (χ2v) is 5.77. The predicted molar refractivity (Wildman–Crippen MR) is 81.4 cm³/mol. The molecule has 0 atom stereocenters. The van der Waals surface area contributed by atoms with Crippen LogP contribution in [0.5, 0.6) is 0 Å². The maximum absolute atomic E-state index is 11.5. The molecule has 0 radical (unpaired) electrons. The molecule has 0 aliphatic rings. The predicted octanol–water partition coefficient (Wildman–Crippen LogP) is 2.06. The maximum Gasteiger partial charge on any atom is 0.331 e. The summed E-state index contributed by atoms with van der Waals surface area (Å²) in [4.78, 5) is 22.9. The van der Waals surface area contributed by atoms with Crippen molar-refractivity contribution >= 4 is 23.2 Å². The first kappa shape index (κ1) is 18.3. The van der Waals surface area contributed by atoms with Gasteiger partial charge in [-0.25, -0.2) is 10.9 Å². The maximum atomic E-state index is 11.5. The van der Waals surface area contributed by atoms with E-state index in [4.69, 9.17) is 0 Å². The molecule has 0 aliphatic carbocycles. The zero-order valence-corrected chi connectivity index (χ0v) is 13.3. The van der Waals surface area contributed by atoms with Crippen molar-refractivity contribution in [3.63, 3.8) is 0 Å². The summed E-state index contributed by atoms with van der Waals surface area (Å²) in [7, 11) is 0. The summed E-state index contributed by atoms with van der Waals surface area (Å²) >= 11 is 0. The molecule has 20 heavy (non-hydrogen) atoms. The van der Waals surface area contributed by atoms with Crippen LogP contribution in [0.2, 0.25) is 0 Å². The van der Waals surface area contributed by atoms with Crippen LogP contribution in [0.4, 0.5) is 0 Å². The van der Waals surface area contributed by atoms with Gasteiger partial charge < -0.3 is 0 Å². The van der Waals surface area contributed by atoms with Gasteiger partial charge >= 0.3 is 11.8 Å². The molecule has 2 N–H and O–H groups in total. The molecule has 6 heteroatoms. The van der Waals surface area contributed by atoms with Gasteiger partial charge in [0.25, 0.3) is 0 Å². The van der Waals surface area contributed by atoms with Crippen molar-refractivity contribution in [3.05, 3.63) is 0 Å². The molecule has 0 unspecified atom stereocenters. The Labute approximate surface area is 121 Å². The van der Waals surface area contributed by atoms with E-state index in [-0.39, 0.29) is 0 Å². The monoisotopic (exact) mass is 282 g/mol.